The van der Waals surface area contributed by atoms with E-state index in [1.165, 1.54) is 0 Å². The van der Waals surface area contributed by atoms with Gasteiger partial charge >= 0.3 is 6.09 Å². The predicted molar refractivity (Wildman–Crippen MR) is 121 cm³/mol. The summed E-state index contributed by atoms with van der Waals surface area (Å²) in [5.41, 5.74) is -0.431. The number of carbonyl (C=O) groups excluding carboxylic acids is 2. The van der Waals surface area contributed by atoms with Crippen LogP contribution in [0.25, 0.3) is 0 Å². The largest absolute Gasteiger partial charge is 0.494 e. The molecule has 2 amide bonds. The Balaban J connectivity index is 1.93. The van der Waals surface area contributed by atoms with Gasteiger partial charge in [-0.05, 0) is 64.3 Å². The fourth-order valence-electron chi connectivity index (χ4n) is 3.67. The highest BCUT2D eigenvalue weighted by molar-refractivity contribution is 5.93. The third kappa shape index (κ3) is 7.13. The zero-order valence-corrected chi connectivity index (χ0v) is 19.8. The maximum absolute atomic E-state index is 12.9. The van der Waals surface area contributed by atoms with Gasteiger partial charge in [0, 0.05) is 25.9 Å². The van der Waals surface area contributed by atoms with Crippen molar-refractivity contribution in [3.63, 3.8) is 0 Å². The average molecular weight is 435 g/mol. The molecule has 1 saturated heterocycles. The molecule has 1 unspecified atom stereocenters. The quantitative estimate of drug-likeness (QED) is 0.592. The standard InChI is InChI=1S/C24H38N2O5/c1-7-8-17-30-20-11-9-19(10-12-20)25-21(27)18(2)24(29-6)13-15-26(16-14-24)22(28)31-23(3,4)5/h9-12,18H,7-8,13-17H2,1-6H3,(H,25,27). The smallest absolute Gasteiger partial charge is 0.410 e. The maximum Gasteiger partial charge on any atom is 0.410 e. The molecule has 1 aromatic rings. The van der Waals surface area contributed by atoms with Gasteiger partial charge in [-0.3, -0.25) is 4.79 Å². The first-order chi connectivity index (χ1) is 14.6. The van der Waals surface area contributed by atoms with Gasteiger partial charge in [0.05, 0.1) is 18.1 Å². The molecule has 0 aliphatic carbocycles. The number of nitrogens with one attached hydrogen (secondary N) is 1. The fraction of sp³-hybridized carbons (Fsp3) is 0.667. The van der Waals surface area contributed by atoms with Gasteiger partial charge in [0.25, 0.3) is 0 Å². The van der Waals surface area contributed by atoms with Crippen LogP contribution in [0.15, 0.2) is 24.3 Å². The van der Waals surface area contributed by atoms with Gasteiger partial charge in [0.15, 0.2) is 0 Å². The number of ether oxygens (including phenoxy) is 3. The van der Waals surface area contributed by atoms with Gasteiger partial charge in [-0.15, -0.1) is 0 Å². The number of anilines is 1. The number of piperidine rings is 1. The lowest BCUT2D eigenvalue weighted by molar-refractivity contribution is -0.137. The fourth-order valence-corrected chi connectivity index (χ4v) is 3.67. The number of unbranched alkanes of at least 4 members (excludes halogenated alkanes) is 1. The molecule has 2 rings (SSSR count). The number of hydrogen-bond donors (Lipinski definition) is 1. The first kappa shape index (κ1) is 25.0. The summed E-state index contributed by atoms with van der Waals surface area (Å²) in [6, 6.07) is 7.41. The Kier molecular flexibility index (Phi) is 8.74. The van der Waals surface area contributed by atoms with Crippen molar-refractivity contribution in [3.8, 4) is 5.75 Å². The Morgan fingerprint density at radius 1 is 1.16 bits per heavy atom. The zero-order chi connectivity index (χ0) is 23.1. The van der Waals surface area contributed by atoms with E-state index in [1.807, 2.05) is 52.0 Å². The molecule has 0 spiro atoms. The summed E-state index contributed by atoms with van der Waals surface area (Å²) in [4.78, 5) is 27.0. The first-order valence-electron chi connectivity index (χ1n) is 11.2. The molecule has 0 radical (unpaired) electrons. The Morgan fingerprint density at radius 2 is 1.77 bits per heavy atom. The summed E-state index contributed by atoms with van der Waals surface area (Å²) in [6.07, 6.45) is 2.92. The van der Waals surface area contributed by atoms with E-state index in [4.69, 9.17) is 14.2 Å². The summed E-state index contributed by atoms with van der Waals surface area (Å²) in [5, 5.41) is 2.98. The minimum atomic E-state index is -0.619. The molecule has 1 aliphatic rings. The Labute approximate surface area is 186 Å². The monoisotopic (exact) mass is 434 g/mol. The number of rotatable bonds is 8. The highest BCUT2D eigenvalue weighted by Gasteiger charge is 2.44. The van der Waals surface area contributed by atoms with E-state index >= 15 is 0 Å². The summed E-state index contributed by atoms with van der Waals surface area (Å²) >= 11 is 0. The van der Waals surface area contributed by atoms with Crippen molar-refractivity contribution in [1.29, 1.82) is 0 Å². The number of methoxy groups -OCH3 is 1. The lowest BCUT2D eigenvalue weighted by Crippen LogP contribution is -2.54. The second-order valence-electron chi connectivity index (χ2n) is 9.17. The number of carbonyl (C=O) groups is 2. The minimum absolute atomic E-state index is 0.104. The van der Waals surface area contributed by atoms with Crippen molar-refractivity contribution < 1.29 is 23.8 Å². The number of nitrogens with zero attached hydrogens (tertiary/aromatic N) is 1. The third-order valence-electron chi connectivity index (χ3n) is 5.74. The molecule has 1 fully saturated rings. The number of amides is 2. The molecule has 0 saturated carbocycles. The molecule has 1 heterocycles. The van der Waals surface area contributed by atoms with Crippen LogP contribution in [0.2, 0.25) is 0 Å². The molecule has 1 atom stereocenters. The maximum atomic E-state index is 12.9. The van der Waals surface area contributed by atoms with E-state index in [0.717, 1.165) is 24.3 Å². The molecule has 1 N–H and O–H groups in total. The summed E-state index contributed by atoms with van der Waals surface area (Å²) in [5.74, 6) is 0.313. The van der Waals surface area contributed by atoms with Gasteiger partial charge in [0.1, 0.15) is 11.4 Å². The van der Waals surface area contributed by atoms with Crippen molar-refractivity contribution >= 4 is 17.7 Å². The van der Waals surface area contributed by atoms with E-state index < -0.39 is 11.2 Å². The van der Waals surface area contributed by atoms with Gasteiger partial charge in [-0.25, -0.2) is 4.79 Å². The summed E-state index contributed by atoms with van der Waals surface area (Å²) in [7, 11) is 1.63. The van der Waals surface area contributed by atoms with Crippen LogP contribution in [-0.2, 0) is 14.3 Å². The third-order valence-corrected chi connectivity index (χ3v) is 5.74. The Morgan fingerprint density at radius 3 is 2.29 bits per heavy atom. The lowest BCUT2D eigenvalue weighted by Gasteiger charge is -2.43. The van der Waals surface area contributed by atoms with E-state index in [2.05, 4.69) is 12.2 Å². The van der Waals surface area contributed by atoms with Crippen LogP contribution in [0, 0.1) is 5.92 Å². The molecule has 7 heteroatoms. The molecule has 1 aliphatic heterocycles. The van der Waals surface area contributed by atoms with Crippen molar-refractivity contribution in [3.05, 3.63) is 24.3 Å². The predicted octanol–water partition coefficient (Wildman–Crippen LogP) is 4.86. The summed E-state index contributed by atoms with van der Waals surface area (Å²) < 4.78 is 17.0. The van der Waals surface area contributed by atoms with Crippen LogP contribution in [0.1, 0.15) is 60.3 Å². The molecule has 1 aromatic carbocycles. The van der Waals surface area contributed by atoms with Gasteiger partial charge in [0.2, 0.25) is 5.91 Å². The molecule has 0 bridgehead atoms. The minimum Gasteiger partial charge on any atom is -0.494 e. The summed E-state index contributed by atoms with van der Waals surface area (Å²) in [6.45, 7) is 11.2. The van der Waals surface area contributed by atoms with E-state index in [1.54, 1.807) is 12.0 Å². The Hall–Kier alpha value is -2.28. The highest BCUT2D eigenvalue weighted by Crippen LogP contribution is 2.34. The molecular formula is C24H38N2O5. The Bertz CT molecular complexity index is 718. The van der Waals surface area contributed by atoms with Crippen molar-refractivity contribution in [2.24, 2.45) is 5.92 Å². The highest BCUT2D eigenvalue weighted by atomic mass is 16.6. The van der Waals surface area contributed by atoms with Crippen LogP contribution >= 0.6 is 0 Å². The number of likely N-dealkylation sites (tertiary alicyclic amines) is 1. The lowest BCUT2D eigenvalue weighted by atomic mass is 9.79. The normalized spacial score (nSPS) is 17.0. The topological polar surface area (TPSA) is 77.1 Å². The molecule has 7 nitrogen and oxygen atoms in total. The number of benzene rings is 1. The van der Waals surface area contributed by atoms with Crippen LogP contribution < -0.4 is 10.1 Å². The van der Waals surface area contributed by atoms with E-state index in [9.17, 15) is 9.59 Å². The van der Waals surface area contributed by atoms with E-state index in [-0.39, 0.29) is 17.9 Å². The van der Waals surface area contributed by atoms with Crippen LogP contribution in [-0.4, -0.2) is 54.9 Å². The second-order valence-corrected chi connectivity index (χ2v) is 9.17. The van der Waals surface area contributed by atoms with Crippen LogP contribution in [0.3, 0.4) is 0 Å². The first-order valence-corrected chi connectivity index (χ1v) is 11.2. The van der Waals surface area contributed by atoms with Crippen LogP contribution in [0.4, 0.5) is 10.5 Å². The SMILES string of the molecule is CCCCOc1ccc(NC(=O)C(C)C2(OC)CCN(C(=O)OC(C)(C)C)CC2)cc1. The molecule has 0 aromatic heterocycles. The molecular weight excluding hydrogens is 396 g/mol. The van der Waals surface area contributed by atoms with Crippen molar-refractivity contribution in [1.82, 2.24) is 4.90 Å². The van der Waals surface area contributed by atoms with Gasteiger partial charge in [-0.2, -0.15) is 0 Å². The molecule has 174 valence electrons. The van der Waals surface area contributed by atoms with Crippen molar-refractivity contribution in [2.45, 2.75) is 71.5 Å². The van der Waals surface area contributed by atoms with Gasteiger partial charge < -0.3 is 24.4 Å². The van der Waals surface area contributed by atoms with Crippen molar-refractivity contribution in [2.75, 3.05) is 32.1 Å². The zero-order valence-electron chi connectivity index (χ0n) is 19.8. The van der Waals surface area contributed by atoms with Crippen LogP contribution in [0.5, 0.6) is 5.75 Å². The van der Waals surface area contributed by atoms with Gasteiger partial charge in [-0.1, -0.05) is 20.3 Å². The number of hydrogen-bond acceptors (Lipinski definition) is 5. The van der Waals surface area contributed by atoms with E-state index in [0.29, 0.717) is 32.5 Å². The average Bonchev–Trinajstić information content (AvgIpc) is 2.73. The second kappa shape index (κ2) is 10.8. The molecule has 31 heavy (non-hydrogen) atoms.